The van der Waals surface area contributed by atoms with Crippen LogP contribution in [0.2, 0.25) is 5.02 Å². The highest BCUT2D eigenvalue weighted by atomic mass is 35.5. The summed E-state index contributed by atoms with van der Waals surface area (Å²) in [6.45, 7) is 0. The van der Waals surface area contributed by atoms with Gasteiger partial charge in [-0.2, -0.15) is 0 Å². The Kier molecular flexibility index (Phi) is 4.82. The minimum Gasteiger partial charge on any atom is -0.378 e. The summed E-state index contributed by atoms with van der Waals surface area (Å²) in [5.41, 5.74) is 2.94. The molecule has 104 valence electrons. The SMILES string of the molecule is CN(C)c1ccc(NC(=S)Nc2cccc(Cl)c2)cc1. The second kappa shape index (κ2) is 6.59. The maximum atomic E-state index is 5.93. The maximum Gasteiger partial charge on any atom is 0.175 e. The second-order valence-electron chi connectivity index (χ2n) is 4.53. The largest absolute Gasteiger partial charge is 0.378 e. The van der Waals surface area contributed by atoms with Crippen LogP contribution < -0.4 is 15.5 Å². The lowest BCUT2D eigenvalue weighted by atomic mass is 10.2. The Bertz CT molecular complexity index is 596. The van der Waals surface area contributed by atoms with E-state index in [4.69, 9.17) is 23.8 Å². The number of thiocarbonyl (C=S) groups is 1. The molecule has 0 saturated heterocycles. The predicted molar refractivity (Wildman–Crippen MR) is 92.1 cm³/mol. The summed E-state index contributed by atoms with van der Waals surface area (Å²) >= 11 is 11.2. The van der Waals surface area contributed by atoms with Gasteiger partial charge in [-0.15, -0.1) is 0 Å². The lowest BCUT2D eigenvalue weighted by Gasteiger charge is -2.14. The smallest absolute Gasteiger partial charge is 0.175 e. The molecular weight excluding hydrogens is 290 g/mol. The quantitative estimate of drug-likeness (QED) is 0.831. The number of hydrogen-bond acceptors (Lipinski definition) is 2. The molecule has 2 rings (SSSR count). The summed E-state index contributed by atoms with van der Waals surface area (Å²) in [5, 5.41) is 7.44. The summed E-state index contributed by atoms with van der Waals surface area (Å²) in [5.74, 6) is 0. The predicted octanol–water partition coefficient (Wildman–Crippen LogP) is 4.21. The maximum absolute atomic E-state index is 5.93. The van der Waals surface area contributed by atoms with Crippen LogP contribution in [0, 0.1) is 0 Å². The minimum atomic E-state index is 0.532. The number of benzene rings is 2. The number of nitrogens with one attached hydrogen (secondary N) is 2. The van der Waals surface area contributed by atoms with Crippen LogP contribution in [0.15, 0.2) is 48.5 Å². The van der Waals surface area contributed by atoms with Crippen molar-refractivity contribution in [3.05, 3.63) is 53.6 Å². The number of halogens is 1. The molecule has 0 aromatic heterocycles. The van der Waals surface area contributed by atoms with Crippen LogP contribution in [-0.2, 0) is 0 Å². The first-order chi connectivity index (χ1) is 9.54. The average molecular weight is 306 g/mol. The van der Waals surface area contributed by atoms with Gasteiger partial charge in [-0.25, -0.2) is 0 Å². The molecule has 0 atom stereocenters. The Morgan fingerprint density at radius 3 is 2.25 bits per heavy atom. The Morgan fingerprint density at radius 2 is 1.65 bits per heavy atom. The average Bonchev–Trinajstić information content (AvgIpc) is 2.39. The highest BCUT2D eigenvalue weighted by molar-refractivity contribution is 7.80. The summed E-state index contributed by atoms with van der Waals surface area (Å²) < 4.78 is 0. The zero-order valence-electron chi connectivity index (χ0n) is 11.4. The molecule has 2 N–H and O–H groups in total. The third-order valence-corrected chi connectivity index (χ3v) is 3.16. The lowest BCUT2D eigenvalue weighted by Crippen LogP contribution is -2.19. The van der Waals surface area contributed by atoms with E-state index in [1.54, 1.807) is 0 Å². The monoisotopic (exact) mass is 305 g/mol. The molecule has 2 aromatic rings. The van der Waals surface area contributed by atoms with Gasteiger partial charge < -0.3 is 15.5 Å². The molecule has 5 heteroatoms. The molecule has 0 aliphatic heterocycles. The highest BCUT2D eigenvalue weighted by Gasteiger charge is 2.00. The van der Waals surface area contributed by atoms with Crippen LogP contribution in [0.4, 0.5) is 17.1 Å². The Labute approximate surface area is 129 Å². The molecule has 0 radical (unpaired) electrons. The van der Waals surface area contributed by atoms with Crippen molar-refractivity contribution < 1.29 is 0 Å². The van der Waals surface area contributed by atoms with Crippen molar-refractivity contribution in [3.8, 4) is 0 Å². The van der Waals surface area contributed by atoms with Crippen LogP contribution in [0.1, 0.15) is 0 Å². The standard InChI is InChI=1S/C15H16ClN3S/c1-19(2)14-8-6-12(7-9-14)17-15(20)18-13-5-3-4-11(16)10-13/h3-10H,1-2H3,(H2,17,18,20). The van der Waals surface area contributed by atoms with Crippen molar-refractivity contribution in [2.24, 2.45) is 0 Å². The van der Waals surface area contributed by atoms with Gasteiger partial charge in [-0.05, 0) is 54.7 Å². The molecule has 0 fully saturated rings. The van der Waals surface area contributed by atoms with Crippen molar-refractivity contribution in [3.63, 3.8) is 0 Å². The van der Waals surface area contributed by atoms with Gasteiger partial charge in [0.1, 0.15) is 0 Å². The molecule has 0 heterocycles. The van der Waals surface area contributed by atoms with Gasteiger partial charge in [0.25, 0.3) is 0 Å². The zero-order chi connectivity index (χ0) is 14.5. The molecule has 0 bridgehead atoms. The molecule has 0 spiro atoms. The third kappa shape index (κ3) is 4.11. The molecule has 3 nitrogen and oxygen atoms in total. The fraction of sp³-hybridized carbons (Fsp3) is 0.133. The first-order valence-corrected chi connectivity index (χ1v) is 6.94. The molecule has 20 heavy (non-hydrogen) atoms. The molecule has 0 aliphatic carbocycles. The number of hydrogen-bond donors (Lipinski definition) is 2. The van der Waals surface area contributed by atoms with Crippen LogP contribution in [0.3, 0.4) is 0 Å². The van der Waals surface area contributed by atoms with E-state index < -0.39 is 0 Å². The Morgan fingerprint density at radius 1 is 1.00 bits per heavy atom. The summed E-state index contributed by atoms with van der Waals surface area (Å²) in [4.78, 5) is 2.05. The topological polar surface area (TPSA) is 27.3 Å². The highest BCUT2D eigenvalue weighted by Crippen LogP contribution is 2.17. The normalized spacial score (nSPS) is 9.95. The van der Waals surface area contributed by atoms with Gasteiger partial charge in [0.2, 0.25) is 0 Å². The van der Waals surface area contributed by atoms with Crippen molar-refractivity contribution in [1.82, 2.24) is 0 Å². The minimum absolute atomic E-state index is 0.532. The molecule has 2 aromatic carbocycles. The lowest BCUT2D eigenvalue weighted by molar-refractivity contribution is 1.13. The van der Waals surface area contributed by atoms with Gasteiger partial charge in [0, 0.05) is 36.2 Å². The van der Waals surface area contributed by atoms with E-state index in [1.807, 2.05) is 67.5 Å². The second-order valence-corrected chi connectivity index (χ2v) is 5.38. The molecule has 0 amide bonds. The third-order valence-electron chi connectivity index (χ3n) is 2.72. The van der Waals surface area contributed by atoms with E-state index in [9.17, 15) is 0 Å². The van der Waals surface area contributed by atoms with E-state index in [2.05, 4.69) is 10.6 Å². The molecule has 0 aliphatic rings. The summed E-state index contributed by atoms with van der Waals surface area (Å²) in [6, 6.07) is 15.5. The van der Waals surface area contributed by atoms with Crippen molar-refractivity contribution in [2.75, 3.05) is 29.6 Å². The van der Waals surface area contributed by atoms with E-state index in [-0.39, 0.29) is 0 Å². The van der Waals surface area contributed by atoms with Gasteiger partial charge in [-0.1, -0.05) is 17.7 Å². The zero-order valence-corrected chi connectivity index (χ0v) is 12.9. The van der Waals surface area contributed by atoms with E-state index in [0.29, 0.717) is 10.1 Å². The fourth-order valence-electron chi connectivity index (χ4n) is 1.70. The van der Waals surface area contributed by atoms with Gasteiger partial charge >= 0.3 is 0 Å². The van der Waals surface area contributed by atoms with Crippen molar-refractivity contribution >= 4 is 46.0 Å². The van der Waals surface area contributed by atoms with Gasteiger partial charge in [-0.3, -0.25) is 0 Å². The van der Waals surface area contributed by atoms with Crippen LogP contribution >= 0.6 is 23.8 Å². The Hall–Kier alpha value is -1.78. The molecular formula is C15H16ClN3S. The van der Waals surface area contributed by atoms with Crippen LogP contribution in [-0.4, -0.2) is 19.2 Å². The van der Waals surface area contributed by atoms with Gasteiger partial charge in [0.15, 0.2) is 5.11 Å². The van der Waals surface area contributed by atoms with E-state index >= 15 is 0 Å². The molecule has 0 saturated carbocycles. The van der Waals surface area contributed by atoms with Crippen molar-refractivity contribution in [2.45, 2.75) is 0 Å². The van der Waals surface area contributed by atoms with Crippen LogP contribution in [0.25, 0.3) is 0 Å². The van der Waals surface area contributed by atoms with Crippen LogP contribution in [0.5, 0.6) is 0 Å². The van der Waals surface area contributed by atoms with E-state index in [1.165, 1.54) is 0 Å². The van der Waals surface area contributed by atoms with E-state index in [0.717, 1.165) is 17.1 Å². The summed E-state index contributed by atoms with van der Waals surface area (Å²) in [7, 11) is 4.02. The van der Waals surface area contributed by atoms with Crippen molar-refractivity contribution in [1.29, 1.82) is 0 Å². The number of nitrogens with zero attached hydrogens (tertiary/aromatic N) is 1. The Balaban J connectivity index is 1.97. The van der Waals surface area contributed by atoms with Gasteiger partial charge in [0.05, 0.1) is 0 Å². The number of anilines is 3. The summed E-state index contributed by atoms with van der Waals surface area (Å²) in [6.07, 6.45) is 0. The fourth-order valence-corrected chi connectivity index (χ4v) is 2.13. The number of rotatable bonds is 3. The molecule has 0 unspecified atom stereocenters. The first-order valence-electron chi connectivity index (χ1n) is 6.15. The first kappa shape index (κ1) is 14.6.